The topological polar surface area (TPSA) is 61.4 Å². The molecule has 6 heteroatoms. The molecule has 2 aromatic rings. The highest BCUT2D eigenvalue weighted by molar-refractivity contribution is 8.00. The van der Waals surface area contributed by atoms with Gasteiger partial charge in [0, 0.05) is 35.8 Å². The van der Waals surface area contributed by atoms with Crippen LogP contribution in [0.4, 0.5) is 11.4 Å². The number of fused-ring (bicyclic) bond motifs is 1. The Balaban J connectivity index is 1.51. The lowest BCUT2D eigenvalue weighted by molar-refractivity contribution is -0.113. The third kappa shape index (κ3) is 5.04. The molecular formula is C21H25N3O2S. The van der Waals surface area contributed by atoms with Crippen LogP contribution in [0.25, 0.3) is 0 Å². The number of carbonyl (C=O) groups is 2. The minimum absolute atomic E-state index is 0.0270. The van der Waals surface area contributed by atoms with Gasteiger partial charge in [-0.1, -0.05) is 12.1 Å². The number of carbonyl (C=O) groups excluding carboxylic acids is 2. The van der Waals surface area contributed by atoms with Crippen molar-refractivity contribution < 1.29 is 9.59 Å². The first-order valence-corrected chi connectivity index (χ1v) is 10.2. The lowest BCUT2D eigenvalue weighted by Crippen LogP contribution is -2.30. The molecule has 0 saturated carbocycles. The highest BCUT2D eigenvalue weighted by Crippen LogP contribution is 2.31. The van der Waals surface area contributed by atoms with E-state index in [4.69, 9.17) is 0 Å². The van der Waals surface area contributed by atoms with Crippen molar-refractivity contribution in [1.29, 1.82) is 0 Å². The summed E-state index contributed by atoms with van der Waals surface area (Å²) in [5.74, 6) is 0.287. The number of aryl methyl sites for hydroxylation is 1. The maximum Gasteiger partial charge on any atom is 0.251 e. The SMILES string of the molecule is CCN(CCCNC(=O)c1ccc2c(c1)NC(=O)CS2)c1cccc(C)c1. The van der Waals surface area contributed by atoms with Crippen molar-refractivity contribution >= 4 is 35.0 Å². The standard InChI is InChI=1S/C21H25N3O2S/c1-3-24(17-7-4-6-15(2)12-17)11-5-10-22-21(26)16-8-9-19-18(13-16)23-20(25)14-27-19/h4,6-9,12-13H,3,5,10-11,14H2,1-2H3,(H,22,26)(H,23,25). The molecule has 0 bridgehead atoms. The lowest BCUT2D eigenvalue weighted by Gasteiger charge is -2.23. The molecular weight excluding hydrogens is 358 g/mol. The van der Waals surface area contributed by atoms with Crippen molar-refractivity contribution in [2.45, 2.75) is 25.2 Å². The summed E-state index contributed by atoms with van der Waals surface area (Å²) < 4.78 is 0. The molecule has 3 rings (SSSR count). The zero-order chi connectivity index (χ0) is 19.2. The van der Waals surface area contributed by atoms with Crippen LogP contribution in [0.3, 0.4) is 0 Å². The van der Waals surface area contributed by atoms with Gasteiger partial charge in [0.1, 0.15) is 0 Å². The molecule has 2 amide bonds. The van der Waals surface area contributed by atoms with E-state index in [1.165, 1.54) is 23.0 Å². The third-order valence-electron chi connectivity index (χ3n) is 4.51. The van der Waals surface area contributed by atoms with Gasteiger partial charge in [-0.15, -0.1) is 11.8 Å². The smallest absolute Gasteiger partial charge is 0.251 e. The Hall–Kier alpha value is -2.47. The number of rotatable bonds is 7. The van der Waals surface area contributed by atoms with Crippen molar-refractivity contribution in [2.75, 3.05) is 35.6 Å². The molecule has 27 heavy (non-hydrogen) atoms. The van der Waals surface area contributed by atoms with Crippen molar-refractivity contribution in [1.82, 2.24) is 5.32 Å². The van der Waals surface area contributed by atoms with Crippen molar-refractivity contribution in [3.05, 3.63) is 53.6 Å². The van der Waals surface area contributed by atoms with Crippen LogP contribution >= 0.6 is 11.8 Å². The Morgan fingerprint density at radius 2 is 2.11 bits per heavy atom. The molecule has 1 aliphatic rings. The largest absolute Gasteiger partial charge is 0.372 e. The second-order valence-corrected chi connectivity index (χ2v) is 7.59. The molecule has 1 aliphatic heterocycles. The summed E-state index contributed by atoms with van der Waals surface area (Å²) in [7, 11) is 0. The molecule has 2 N–H and O–H groups in total. The Labute approximate surface area is 164 Å². The molecule has 0 atom stereocenters. The van der Waals surface area contributed by atoms with Gasteiger partial charge < -0.3 is 15.5 Å². The fourth-order valence-corrected chi connectivity index (χ4v) is 3.88. The maximum absolute atomic E-state index is 12.4. The Kier molecular flexibility index (Phi) is 6.40. The molecule has 0 unspecified atom stereocenters. The molecule has 0 aliphatic carbocycles. The van der Waals surface area contributed by atoms with E-state index in [-0.39, 0.29) is 11.8 Å². The number of nitrogens with zero attached hydrogens (tertiary/aromatic N) is 1. The summed E-state index contributed by atoms with van der Waals surface area (Å²) >= 11 is 1.49. The van der Waals surface area contributed by atoms with Crippen LogP contribution in [0.2, 0.25) is 0 Å². The summed E-state index contributed by atoms with van der Waals surface area (Å²) in [6.07, 6.45) is 0.866. The first-order chi connectivity index (χ1) is 13.1. The molecule has 1 heterocycles. The van der Waals surface area contributed by atoms with Gasteiger partial charge in [-0.3, -0.25) is 9.59 Å². The number of anilines is 2. The van der Waals surface area contributed by atoms with Gasteiger partial charge in [0.05, 0.1) is 11.4 Å². The highest BCUT2D eigenvalue weighted by Gasteiger charge is 2.17. The predicted molar refractivity (Wildman–Crippen MR) is 112 cm³/mol. The average molecular weight is 384 g/mol. The Morgan fingerprint density at radius 3 is 2.89 bits per heavy atom. The molecule has 0 fully saturated rings. The molecule has 0 spiro atoms. The van der Waals surface area contributed by atoms with Crippen LogP contribution < -0.4 is 15.5 Å². The van der Waals surface area contributed by atoms with E-state index in [1.54, 1.807) is 6.07 Å². The van der Waals surface area contributed by atoms with E-state index >= 15 is 0 Å². The first kappa shape index (κ1) is 19.3. The number of nitrogens with one attached hydrogen (secondary N) is 2. The van der Waals surface area contributed by atoms with Crippen LogP contribution in [-0.2, 0) is 4.79 Å². The van der Waals surface area contributed by atoms with E-state index in [0.29, 0.717) is 17.9 Å². The van der Waals surface area contributed by atoms with Crippen LogP contribution in [0.15, 0.2) is 47.4 Å². The molecule has 142 valence electrons. The zero-order valence-electron chi connectivity index (χ0n) is 15.7. The Bertz CT molecular complexity index is 838. The third-order valence-corrected chi connectivity index (χ3v) is 5.59. The molecule has 5 nitrogen and oxygen atoms in total. The second kappa shape index (κ2) is 8.95. The van der Waals surface area contributed by atoms with Crippen LogP contribution in [0.5, 0.6) is 0 Å². The Morgan fingerprint density at radius 1 is 1.26 bits per heavy atom. The maximum atomic E-state index is 12.4. The molecule has 0 radical (unpaired) electrons. The van der Waals surface area contributed by atoms with E-state index in [2.05, 4.69) is 53.6 Å². The van der Waals surface area contributed by atoms with E-state index < -0.39 is 0 Å². The number of hydrogen-bond acceptors (Lipinski definition) is 4. The normalized spacial score (nSPS) is 12.9. The number of thioether (sulfide) groups is 1. The van der Waals surface area contributed by atoms with Crippen LogP contribution in [0, 0.1) is 6.92 Å². The molecule has 0 aromatic heterocycles. The molecule has 2 aromatic carbocycles. The van der Waals surface area contributed by atoms with Gasteiger partial charge >= 0.3 is 0 Å². The highest BCUT2D eigenvalue weighted by atomic mass is 32.2. The minimum atomic E-state index is -0.110. The predicted octanol–water partition coefficient (Wildman–Crippen LogP) is 3.69. The summed E-state index contributed by atoms with van der Waals surface area (Å²) in [6, 6.07) is 13.9. The lowest BCUT2D eigenvalue weighted by atomic mass is 10.1. The van der Waals surface area contributed by atoms with Crippen molar-refractivity contribution in [3.8, 4) is 0 Å². The van der Waals surface area contributed by atoms with Gasteiger partial charge in [-0.2, -0.15) is 0 Å². The quantitative estimate of drug-likeness (QED) is 0.716. The monoisotopic (exact) mass is 383 g/mol. The van der Waals surface area contributed by atoms with E-state index in [1.807, 2.05) is 12.1 Å². The second-order valence-electron chi connectivity index (χ2n) is 6.58. The van der Waals surface area contributed by atoms with E-state index in [9.17, 15) is 9.59 Å². The zero-order valence-corrected chi connectivity index (χ0v) is 16.6. The van der Waals surface area contributed by atoms with E-state index in [0.717, 1.165) is 30.1 Å². The van der Waals surface area contributed by atoms with Gasteiger partial charge in [-0.05, 0) is 56.2 Å². The van der Waals surface area contributed by atoms with Crippen LogP contribution in [0.1, 0.15) is 29.3 Å². The summed E-state index contributed by atoms with van der Waals surface area (Å²) in [5, 5.41) is 5.80. The summed E-state index contributed by atoms with van der Waals surface area (Å²) in [4.78, 5) is 27.2. The summed E-state index contributed by atoms with van der Waals surface area (Å²) in [5.41, 5.74) is 3.76. The average Bonchev–Trinajstić information content (AvgIpc) is 2.67. The minimum Gasteiger partial charge on any atom is -0.372 e. The molecule has 0 saturated heterocycles. The number of benzene rings is 2. The number of amides is 2. The van der Waals surface area contributed by atoms with Crippen molar-refractivity contribution in [2.24, 2.45) is 0 Å². The fraction of sp³-hybridized carbons (Fsp3) is 0.333. The first-order valence-electron chi connectivity index (χ1n) is 9.23. The number of hydrogen-bond donors (Lipinski definition) is 2. The summed E-state index contributed by atoms with van der Waals surface area (Å²) in [6.45, 7) is 6.66. The van der Waals surface area contributed by atoms with Gasteiger partial charge in [0.25, 0.3) is 5.91 Å². The van der Waals surface area contributed by atoms with Crippen LogP contribution in [-0.4, -0.2) is 37.2 Å². The van der Waals surface area contributed by atoms with Crippen molar-refractivity contribution in [3.63, 3.8) is 0 Å². The van der Waals surface area contributed by atoms with Gasteiger partial charge in [0.2, 0.25) is 5.91 Å². The fourth-order valence-electron chi connectivity index (χ4n) is 3.09. The van der Waals surface area contributed by atoms with Gasteiger partial charge in [-0.25, -0.2) is 0 Å². The van der Waals surface area contributed by atoms with Gasteiger partial charge in [0.15, 0.2) is 0 Å².